The molecule has 0 atom stereocenters. The number of carbonyl (C=O) groups is 1. The highest BCUT2D eigenvalue weighted by Gasteiger charge is 2.19. The van der Waals surface area contributed by atoms with Gasteiger partial charge < -0.3 is 15.4 Å². The average Bonchev–Trinajstić information content (AvgIpc) is 2.79. The van der Waals surface area contributed by atoms with Gasteiger partial charge in [-0.05, 0) is 17.9 Å². The van der Waals surface area contributed by atoms with Crippen molar-refractivity contribution < 1.29 is 14.4 Å². The number of nitrogens with zero attached hydrogens (tertiary/aromatic N) is 2. The maximum atomic E-state index is 11.1. The van der Waals surface area contributed by atoms with Crippen molar-refractivity contribution >= 4 is 17.5 Å². The lowest BCUT2D eigenvalue weighted by Gasteiger charge is -2.19. The van der Waals surface area contributed by atoms with Crippen molar-refractivity contribution in [3.8, 4) is 0 Å². The molecule has 1 aromatic carbocycles. The second-order valence-electron chi connectivity index (χ2n) is 6.07. The van der Waals surface area contributed by atoms with E-state index >= 15 is 0 Å². The van der Waals surface area contributed by atoms with Crippen molar-refractivity contribution in [3.63, 3.8) is 0 Å². The van der Waals surface area contributed by atoms with Gasteiger partial charge in [0, 0.05) is 5.56 Å². The van der Waals surface area contributed by atoms with E-state index < -0.39 is 5.97 Å². The number of amidine groups is 1. The highest BCUT2D eigenvalue weighted by atomic mass is 16.5. The van der Waals surface area contributed by atoms with E-state index in [-0.39, 0.29) is 22.6 Å². The molecule has 0 fully saturated rings. The third-order valence-electron chi connectivity index (χ3n) is 3.31. The number of aromatic carboxylic acids is 1. The maximum Gasteiger partial charge on any atom is 0.360 e. The molecule has 0 amide bonds. The summed E-state index contributed by atoms with van der Waals surface area (Å²) in [6, 6.07) is 7.69. The molecule has 0 aliphatic rings. The van der Waals surface area contributed by atoms with Gasteiger partial charge in [-0.3, -0.25) is 0 Å². The molecule has 0 saturated carbocycles. The van der Waals surface area contributed by atoms with Crippen LogP contribution in [-0.4, -0.2) is 22.1 Å². The fraction of sp³-hybridized carbons (Fsp3) is 0.312. The lowest BCUT2D eigenvalue weighted by atomic mass is 9.86. The van der Waals surface area contributed by atoms with Crippen LogP contribution in [-0.2, 0) is 5.41 Å². The van der Waals surface area contributed by atoms with Gasteiger partial charge in [0.05, 0.1) is 0 Å². The van der Waals surface area contributed by atoms with Crippen LogP contribution in [0.15, 0.2) is 33.8 Å². The zero-order valence-electron chi connectivity index (χ0n) is 13.0. The summed E-state index contributed by atoms with van der Waals surface area (Å²) >= 11 is 0. The molecule has 0 aliphatic carbocycles. The SMILES string of the molecule is Cc1onc(C(=O)O)c1N=C(N)c1ccc(C(C)(C)C)cc1. The number of nitrogens with two attached hydrogens (primary N) is 1. The van der Waals surface area contributed by atoms with E-state index in [1.165, 1.54) is 5.56 Å². The zero-order chi connectivity index (χ0) is 16.5. The molecule has 3 N–H and O–H groups in total. The average molecular weight is 301 g/mol. The smallest absolute Gasteiger partial charge is 0.360 e. The van der Waals surface area contributed by atoms with Crippen LogP contribution in [0.1, 0.15) is 48.1 Å². The number of rotatable bonds is 3. The summed E-state index contributed by atoms with van der Waals surface area (Å²) in [5.74, 6) is -0.674. The van der Waals surface area contributed by atoms with Crippen LogP contribution >= 0.6 is 0 Å². The van der Waals surface area contributed by atoms with Crippen LogP contribution in [0.25, 0.3) is 0 Å². The summed E-state index contributed by atoms with van der Waals surface area (Å²) in [7, 11) is 0. The molecule has 1 aromatic heterocycles. The van der Waals surface area contributed by atoms with Crippen LogP contribution in [0.3, 0.4) is 0 Å². The summed E-state index contributed by atoms with van der Waals surface area (Å²) in [6.07, 6.45) is 0. The molecule has 22 heavy (non-hydrogen) atoms. The normalized spacial score (nSPS) is 12.5. The van der Waals surface area contributed by atoms with Gasteiger partial charge in [-0.1, -0.05) is 50.2 Å². The third-order valence-corrected chi connectivity index (χ3v) is 3.31. The fourth-order valence-corrected chi connectivity index (χ4v) is 1.97. The van der Waals surface area contributed by atoms with Crippen LogP contribution in [0, 0.1) is 6.92 Å². The van der Waals surface area contributed by atoms with E-state index in [0.717, 1.165) is 0 Å². The molecule has 0 aliphatic heterocycles. The van der Waals surface area contributed by atoms with Gasteiger partial charge >= 0.3 is 5.97 Å². The third kappa shape index (κ3) is 3.16. The van der Waals surface area contributed by atoms with Gasteiger partial charge in [-0.25, -0.2) is 9.79 Å². The van der Waals surface area contributed by atoms with E-state index in [2.05, 4.69) is 30.9 Å². The standard InChI is InChI=1S/C16H19N3O3/c1-9-12(13(15(20)21)19-22-9)18-14(17)10-5-7-11(8-6-10)16(2,3)4/h5-8H,1-4H3,(H2,17,18)(H,20,21). The highest BCUT2D eigenvalue weighted by Crippen LogP contribution is 2.25. The minimum Gasteiger partial charge on any atom is -0.476 e. The van der Waals surface area contributed by atoms with E-state index in [9.17, 15) is 4.79 Å². The summed E-state index contributed by atoms with van der Waals surface area (Å²) in [6.45, 7) is 7.96. The molecule has 116 valence electrons. The Labute approximate surface area is 128 Å². The number of aliphatic imine (C=N–C) groups is 1. The lowest BCUT2D eigenvalue weighted by Crippen LogP contribution is -2.15. The Morgan fingerprint density at radius 1 is 1.27 bits per heavy atom. The van der Waals surface area contributed by atoms with E-state index in [1.807, 2.05) is 24.3 Å². The quantitative estimate of drug-likeness (QED) is 0.670. The molecule has 0 spiro atoms. The van der Waals surface area contributed by atoms with E-state index in [1.54, 1.807) is 6.92 Å². The summed E-state index contributed by atoms with van der Waals surface area (Å²) in [5, 5.41) is 12.5. The molecular formula is C16H19N3O3. The number of aryl methyl sites for hydroxylation is 1. The van der Waals surface area contributed by atoms with Crippen LogP contribution < -0.4 is 5.73 Å². The first-order chi connectivity index (χ1) is 10.2. The molecule has 2 aromatic rings. The number of aromatic nitrogens is 1. The summed E-state index contributed by atoms with van der Waals surface area (Å²) in [5.41, 5.74) is 7.81. The second kappa shape index (κ2) is 5.63. The predicted molar refractivity (Wildman–Crippen MR) is 83.7 cm³/mol. The number of hydrogen-bond donors (Lipinski definition) is 2. The predicted octanol–water partition coefficient (Wildman–Crippen LogP) is 3.02. The van der Waals surface area contributed by atoms with Gasteiger partial charge in [0.2, 0.25) is 5.69 Å². The number of benzene rings is 1. The Hall–Kier alpha value is -2.63. The summed E-state index contributed by atoms with van der Waals surface area (Å²) < 4.78 is 4.86. The molecule has 0 unspecified atom stereocenters. The Morgan fingerprint density at radius 3 is 2.36 bits per heavy atom. The first-order valence-corrected chi connectivity index (χ1v) is 6.85. The minimum atomic E-state index is -1.20. The van der Waals surface area contributed by atoms with Crippen molar-refractivity contribution in [1.29, 1.82) is 0 Å². The Bertz CT molecular complexity index is 722. The van der Waals surface area contributed by atoms with Crippen molar-refractivity contribution in [2.75, 3.05) is 0 Å². The number of carboxylic acid groups (broad SMARTS) is 1. The van der Waals surface area contributed by atoms with Crippen molar-refractivity contribution in [1.82, 2.24) is 5.16 Å². The van der Waals surface area contributed by atoms with E-state index in [4.69, 9.17) is 15.4 Å². The molecular weight excluding hydrogens is 282 g/mol. The molecule has 2 rings (SSSR count). The van der Waals surface area contributed by atoms with Crippen LogP contribution in [0.2, 0.25) is 0 Å². The van der Waals surface area contributed by atoms with Gasteiger partial charge in [-0.15, -0.1) is 0 Å². The van der Waals surface area contributed by atoms with Crippen LogP contribution in [0.4, 0.5) is 5.69 Å². The summed E-state index contributed by atoms with van der Waals surface area (Å²) in [4.78, 5) is 15.2. The Balaban J connectivity index is 2.38. The largest absolute Gasteiger partial charge is 0.476 e. The maximum absolute atomic E-state index is 11.1. The highest BCUT2D eigenvalue weighted by molar-refractivity contribution is 6.01. The van der Waals surface area contributed by atoms with Gasteiger partial charge in [0.25, 0.3) is 0 Å². The topological polar surface area (TPSA) is 102 Å². The first-order valence-electron chi connectivity index (χ1n) is 6.85. The van der Waals surface area contributed by atoms with Crippen molar-refractivity contribution in [2.24, 2.45) is 10.7 Å². The van der Waals surface area contributed by atoms with Gasteiger partial charge in [0.15, 0.2) is 5.76 Å². The Morgan fingerprint density at radius 2 is 1.86 bits per heavy atom. The molecule has 6 heteroatoms. The molecule has 6 nitrogen and oxygen atoms in total. The first kappa shape index (κ1) is 15.8. The van der Waals surface area contributed by atoms with Crippen LogP contribution in [0.5, 0.6) is 0 Å². The monoisotopic (exact) mass is 301 g/mol. The molecule has 0 saturated heterocycles. The number of hydrogen-bond acceptors (Lipinski definition) is 4. The lowest BCUT2D eigenvalue weighted by molar-refractivity contribution is 0.0686. The van der Waals surface area contributed by atoms with Gasteiger partial charge in [0.1, 0.15) is 11.5 Å². The second-order valence-corrected chi connectivity index (χ2v) is 6.07. The molecule has 0 radical (unpaired) electrons. The van der Waals surface area contributed by atoms with Crippen molar-refractivity contribution in [3.05, 3.63) is 46.8 Å². The Kier molecular flexibility index (Phi) is 4.03. The zero-order valence-corrected chi connectivity index (χ0v) is 13.0. The molecule has 0 bridgehead atoms. The number of carboxylic acids is 1. The van der Waals surface area contributed by atoms with Gasteiger partial charge in [-0.2, -0.15) is 0 Å². The van der Waals surface area contributed by atoms with Crippen molar-refractivity contribution in [2.45, 2.75) is 33.1 Å². The minimum absolute atomic E-state index is 0.0476. The molecule has 1 heterocycles. The fourth-order valence-electron chi connectivity index (χ4n) is 1.97. The van der Waals surface area contributed by atoms with E-state index in [0.29, 0.717) is 11.3 Å².